The van der Waals surface area contributed by atoms with E-state index in [4.69, 9.17) is 15.9 Å². The second kappa shape index (κ2) is 8.18. The van der Waals surface area contributed by atoms with Gasteiger partial charge in [-0.3, -0.25) is 15.0 Å². The van der Waals surface area contributed by atoms with Crippen LogP contribution in [0.25, 0.3) is 5.69 Å². The Kier molecular flexibility index (Phi) is 5.40. The van der Waals surface area contributed by atoms with Crippen molar-refractivity contribution in [1.29, 1.82) is 5.41 Å². The first-order chi connectivity index (χ1) is 15.3. The van der Waals surface area contributed by atoms with E-state index in [2.05, 4.69) is 5.10 Å². The van der Waals surface area contributed by atoms with E-state index >= 15 is 0 Å². The van der Waals surface area contributed by atoms with Crippen LogP contribution in [0.15, 0.2) is 48.5 Å². The Bertz CT molecular complexity index is 1200. The summed E-state index contributed by atoms with van der Waals surface area (Å²) in [4.78, 5) is 28.9. The van der Waals surface area contributed by atoms with Crippen LogP contribution in [0.4, 0.5) is 5.69 Å². The number of primary amides is 1. The number of amides is 2. The number of rotatable bonds is 5. The summed E-state index contributed by atoms with van der Waals surface area (Å²) in [5.74, 6) is 0.118. The number of nitrogens with two attached hydrogens (primary N) is 1. The third-order valence-electron chi connectivity index (χ3n) is 5.47. The summed E-state index contributed by atoms with van der Waals surface area (Å²) in [5.41, 5.74) is 8.62. The zero-order chi connectivity index (χ0) is 23.0. The Labute approximate surface area is 185 Å². The number of anilines is 1. The minimum Gasteiger partial charge on any atom is -0.497 e. The van der Waals surface area contributed by atoms with Gasteiger partial charge in [0.25, 0.3) is 11.8 Å². The Balaban J connectivity index is 1.74. The van der Waals surface area contributed by atoms with E-state index in [1.807, 2.05) is 38.4 Å². The predicted octanol–water partition coefficient (Wildman–Crippen LogP) is 2.07. The first-order valence-corrected chi connectivity index (χ1v) is 10.1. The van der Waals surface area contributed by atoms with Crippen LogP contribution in [0, 0.1) is 5.41 Å². The standard InChI is InChI=1S/C23H24N6O3/c1-27(2)21(24)14-4-6-15(7-5-14)28-13-12-18-19(22(25)30)26-29(20(18)23(28)31)16-8-10-17(32-3)11-9-16/h4-11,24H,12-13H2,1-3H3,(H2,25,30). The van der Waals surface area contributed by atoms with Crippen molar-refractivity contribution in [3.63, 3.8) is 0 Å². The molecule has 1 aliphatic rings. The fourth-order valence-corrected chi connectivity index (χ4v) is 3.77. The van der Waals surface area contributed by atoms with E-state index in [1.54, 1.807) is 41.2 Å². The summed E-state index contributed by atoms with van der Waals surface area (Å²) < 4.78 is 6.67. The lowest BCUT2D eigenvalue weighted by molar-refractivity contribution is 0.0972. The molecule has 2 heterocycles. The summed E-state index contributed by atoms with van der Waals surface area (Å²) in [5, 5.41) is 12.5. The molecule has 2 amide bonds. The minimum absolute atomic E-state index is 0.110. The first kappa shape index (κ1) is 21.1. The number of fused-ring (bicyclic) bond motifs is 1. The fourth-order valence-electron chi connectivity index (χ4n) is 3.77. The number of nitrogens with zero attached hydrogens (tertiary/aromatic N) is 4. The number of aromatic nitrogens is 2. The SMILES string of the molecule is COc1ccc(-n2nc(C(N)=O)c3c2C(=O)N(c2ccc(C(=N)N(C)C)cc2)CC3)cc1. The average molecular weight is 432 g/mol. The third kappa shape index (κ3) is 3.58. The second-order valence-electron chi connectivity index (χ2n) is 7.65. The van der Waals surface area contributed by atoms with Gasteiger partial charge in [0, 0.05) is 37.5 Å². The molecule has 0 radical (unpaired) electrons. The van der Waals surface area contributed by atoms with Gasteiger partial charge in [-0.15, -0.1) is 0 Å². The molecule has 0 spiro atoms. The van der Waals surface area contributed by atoms with Crippen molar-refractivity contribution >= 4 is 23.3 Å². The number of hydrogen-bond donors (Lipinski definition) is 2. The van der Waals surface area contributed by atoms with Crippen molar-refractivity contribution in [2.24, 2.45) is 5.73 Å². The summed E-state index contributed by atoms with van der Waals surface area (Å²) in [6.07, 6.45) is 0.449. The number of benzene rings is 2. The van der Waals surface area contributed by atoms with Crippen molar-refractivity contribution in [1.82, 2.24) is 14.7 Å². The van der Waals surface area contributed by atoms with Gasteiger partial charge < -0.3 is 20.3 Å². The van der Waals surface area contributed by atoms with Crippen molar-refractivity contribution in [3.05, 3.63) is 71.0 Å². The molecule has 0 atom stereocenters. The van der Waals surface area contributed by atoms with Gasteiger partial charge >= 0.3 is 0 Å². The fraction of sp³-hybridized carbons (Fsp3) is 0.217. The second-order valence-corrected chi connectivity index (χ2v) is 7.65. The van der Waals surface area contributed by atoms with Crippen LogP contribution in [0.3, 0.4) is 0 Å². The topological polar surface area (TPSA) is 118 Å². The molecule has 0 unspecified atom stereocenters. The monoisotopic (exact) mass is 432 g/mol. The van der Waals surface area contributed by atoms with Gasteiger partial charge in [0.05, 0.1) is 12.8 Å². The van der Waals surface area contributed by atoms with Crippen LogP contribution in [0.5, 0.6) is 5.75 Å². The molecule has 9 nitrogen and oxygen atoms in total. The molecule has 32 heavy (non-hydrogen) atoms. The summed E-state index contributed by atoms with van der Waals surface area (Å²) in [6, 6.07) is 14.3. The molecule has 0 bridgehead atoms. The molecule has 1 aliphatic heterocycles. The molecule has 0 aliphatic carbocycles. The van der Waals surface area contributed by atoms with Crippen LogP contribution < -0.4 is 15.4 Å². The Hall–Kier alpha value is -4.14. The molecular formula is C23H24N6O3. The van der Waals surface area contributed by atoms with Crippen molar-refractivity contribution in [3.8, 4) is 11.4 Å². The summed E-state index contributed by atoms with van der Waals surface area (Å²) in [7, 11) is 5.19. The van der Waals surface area contributed by atoms with E-state index in [0.717, 1.165) is 5.56 Å². The molecule has 0 fully saturated rings. The van der Waals surface area contributed by atoms with Crippen molar-refractivity contribution in [2.75, 3.05) is 32.6 Å². The molecule has 0 saturated carbocycles. The highest BCUT2D eigenvalue weighted by Crippen LogP contribution is 2.29. The van der Waals surface area contributed by atoms with Gasteiger partial charge in [-0.1, -0.05) is 0 Å². The van der Waals surface area contributed by atoms with Crippen molar-refractivity contribution < 1.29 is 14.3 Å². The number of amidine groups is 1. The Morgan fingerprint density at radius 1 is 1.09 bits per heavy atom. The summed E-state index contributed by atoms with van der Waals surface area (Å²) in [6.45, 7) is 0.394. The van der Waals surface area contributed by atoms with Gasteiger partial charge in [0.15, 0.2) is 5.69 Å². The summed E-state index contributed by atoms with van der Waals surface area (Å²) >= 11 is 0. The van der Waals surface area contributed by atoms with Gasteiger partial charge in [0.1, 0.15) is 17.3 Å². The quantitative estimate of drug-likeness (QED) is 0.473. The molecule has 4 rings (SSSR count). The maximum absolute atomic E-state index is 13.5. The first-order valence-electron chi connectivity index (χ1n) is 10.1. The van der Waals surface area contributed by atoms with Gasteiger partial charge in [-0.2, -0.15) is 5.10 Å². The molecule has 0 saturated heterocycles. The Morgan fingerprint density at radius 2 is 1.72 bits per heavy atom. The number of carbonyl (C=O) groups excluding carboxylic acids is 2. The number of nitrogens with one attached hydrogen (secondary N) is 1. The van der Waals surface area contributed by atoms with Crippen LogP contribution in [-0.2, 0) is 6.42 Å². The van der Waals surface area contributed by atoms with Gasteiger partial charge in [-0.25, -0.2) is 4.68 Å². The highest BCUT2D eigenvalue weighted by atomic mass is 16.5. The maximum atomic E-state index is 13.5. The molecule has 3 aromatic rings. The largest absolute Gasteiger partial charge is 0.497 e. The lowest BCUT2D eigenvalue weighted by atomic mass is 10.0. The molecule has 3 N–H and O–H groups in total. The Morgan fingerprint density at radius 3 is 2.28 bits per heavy atom. The molecule has 2 aromatic carbocycles. The van der Waals surface area contributed by atoms with Crippen LogP contribution in [-0.4, -0.2) is 60.1 Å². The van der Waals surface area contributed by atoms with E-state index < -0.39 is 5.91 Å². The molecular weight excluding hydrogens is 408 g/mol. The normalized spacial score (nSPS) is 13.0. The van der Waals surface area contributed by atoms with Gasteiger partial charge in [0.2, 0.25) is 0 Å². The highest BCUT2D eigenvalue weighted by Gasteiger charge is 2.34. The predicted molar refractivity (Wildman–Crippen MR) is 121 cm³/mol. The van der Waals surface area contributed by atoms with Crippen LogP contribution in [0.2, 0.25) is 0 Å². The van der Waals surface area contributed by atoms with E-state index in [-0.39, 0.29) is 11.6 Å². The van der Waals surface area contributed by atoms with Crippen LogP contribution >= 0.6 is 0 Å². The molecule has 9 heteroatoms. The van der Waals surface area contributed by atoms with Gasteiger partial charge in [-0.05, 0) is 55.0 Å². The zero-order valence-corrected chi connectivity index (χ0v) is 18.1. The van der Waals surface area contributed by atoms with Crippen molar-refractivity contribution in [2.45, 2.75) is 6.42 Å². The third-order valence-corrected chi connectivity index (χ3v) is 5.47. The molecule has 1 aromatic heterocycles. The lowest BCUT2D eigenvalue weighted by Crippen LogP contribution is -2.39. The molecule has 164 valence electrons. The number of carbonyl (C=O) groups is 2. The van der Waals surface area contributed by atoms with Crippen LogP contribution in [0.1, 0.15) is 32.1 Å². The lowest BCUT2D eigenvalue weighted by Gasteiger charge is -2.28. The zero-order valence-electron chi connectivity index (χ0n) is 18.1. The van der Waals surface area contributed by atoms with E-state index in [9.17, 15) is 9.59 Å². The smallest absolute Gasteiger partial charge is 0.277 e. The number of ether oxygens (including phenoxy) is 1. The minimum atomic E-state index is -0.665. The number of methoxy groups -OCH3 is 1. The average Bonchev–Trinajstić information content (AvgIpc) is 3.20. The highest BCUT2D eigenvalue weighted by molar-refractivity contribution is 6.09. The maximum Gasteiger partial charge on any atom is 0.277 e. The van der Waals surface area contributed by atoms with E-state index in [1.165, 1.54) is 4.68 Å². The van der Waals surface area contributed by atoms with E-state index in [0.29, 0.717) is 47.2 Å². The number of hydrogen-bond acceptors (Lipinski definition) is 5.